The van der Waals surface area contributed by atoms with Crippen LogP contribution in [0.5, 0.6) is 0 Å². The van der Waals surface area contributed by atoms with Crippen LogP contribution in [0.25, 0.3) is 11.0 Å². The van der Waals surface area contributed by atoms with Crippen molar-refractivity contribution in [2.45, 2.75) is 45.7 Å². The van der Waals surface area contributed by atoms with Gasteiger partial charge >= 0.3 is 11.8 Å². The molecule has 2 N–H and O–H groups in total. The zero-order valence-corrected chi connectivity index (χ0v) is 20.7. The van der Waals surface area contributed by atoms with Gasteiger partial charge in [-0.05, 0) is 30.0 Å². The number of fused-ring (bicyclic) bond motifs is 1. The van der Waals surface area contributed by atoms with E-state index in [0.717, 1.165) is 0 Å². The van der Waals surface area contributed by atoms with Crippen molar-refractivity contribution in [3.8, 4) is 11.8 Å². The lowest BCUT2D eigenvalue weighted by Gasteiger charge is -2.44. The summed E-state index contributed by atoms with van der Waals surface area (Å²) in [7, 11) is 1.61. The fourth-order valence-corrected chi connectivity index (χ4v) is 4.88. The highest BCUT2D eigenvalue weighted by molar-refractivity contribution is 6.00. The second kappa shape index (κ2) is 9.18. The highest BCUT2D eigenvalue weighted by Crippen LogP contribution is 2.29. The molecule has 2 aliphatic rings. The van der Waals surface area contributed by atoms with Crippen molar-refractivity contribution >= 4 is 34.8 Å². The first-order valence-corrected chi connectivity index (χ1v) is 11.7. The minimum atomic E-state index is -1.11. The molecule has 2 aliphatic heterocycles. The Labute approximate surface area is 207 Å². The maximum Gasteiger partial charge on any atom is 0.408 e. The zero-order valence-electron chi connectivity index (χ0n) is 20.7. The number of hydrogen-bond acceptors (Lipinski definition) is 5. The third-order valence-electron chi connectivity index (χ3n) is 6.65. The molecule has 0 aliphatic carbocycles. The highest BCUT2D eigenvalue weighted by Gasteiger charge is 2.44. The van der Waals surface area contributed by atoms with E-state index < -0.39 is 29.5 Å². The van der Waals surface area contributed by atoms with Crippen molar-refractivity contribution in [2.24, 2.45) is 12.5 Å². The van der Waals surface area contributed by atoms with Gasteiger partial charge in [-0.15, -0.1) is 0 Å². The summed E-state index contributed by atoms with van der Waals surface area (Å²) in [5.74, 6) is 4.90. The normalized spacial score (nSPS) is 20.8. The van der Waals surface area contributed by atoms with Gasteiger partial charge in [0.2, 0.25) is 17.7 Å². The molecule has 2 saturated heterocycles. The summed E-state index contributed by atoms with van der Waals surface area (Å²) >= 11 is 0. The van der Waals surface area contributed by atoms with Gasteiger partial charge in [0.05, 0.1) is 17.6 Å². The first kappa shape index (κ1) is 25.0. The van der Waals surface area contributed by atoms with Crippen LogP contribution in [0.4, 0.5) is 4.79 Å². The number of aryl methyl sites for hydroxylation is 1. The molecule has 0 radical (unpaired) electrons. The van der Waals surface area contributed by atoms with E-state index in [0.29, 0.717) is 16.6 Å². The number of nitrogens with one attached hydrogen (secondary N) is 1. The first-order chi connectivity index (χ1) is 16.9. The number of imide groups is 1. The molecule has 190 valence electrons. The van der Waals surface area contributed by atoms with Crippen molar-refractivity contribution in [2.75, 3.05) is 19.6 Å². The molecule has 11 heteroatoms. The lowest BCUT2D eigenvalue weighted by Crippen LogP contribution is -2.62. The van der Waals surface area contributed by atoms with Crippen molar-refractivity contribution < 1.29 is 24.3 Å². The van der Waals surface area contributed by atoms with Gasteiger partial charge in [-0.1, -0.05) is 32.6 Å². The summed E-state index contributed by atoms with van der Waals surface area (Å²) in [5.41, 5.74) is 0.862. The minimum Gasteiger partial charge on any atom is -0.465 e. The SMILES string of the molecule is Cn1c(=O)n(C2CCC(=O)NC2=O)c2ccc(C#CCN3CCN(C(=O)O)C(C(C)(C)C)C3=O)cc21. The van der Waals surface area contributed by atoms with Crippen LogP contribution in [0.15, 0.2) is 23.0 Å². The molecule has 1 aromatic heterocycles. The maximum atomic E-state index is 13.0. The molecule has 0 bridgehead atoms. The summed E-state index contributed by atoms with van der Waals surface area (Å²) in [6.07, 6.45) is -0.695. The van der Waals surface area contributed by atoms with E-state index in [9.17, 15) is 29.1 Å². The molecule has 2 unspecified atom stereocenters. The van der Waals surface area contributed by atoms with Gasteiger partial charge in [0.15, 0.2) is 0 Å². The van der Waals surface area contributed by atoms with Crippen LogP contribution in [-0.4, -0.2) is 73.5 Å². The van der Waals surface area contributed by atoms with Crippen LogP contribution >= 0.6 is 0 Å². The van der Waals surface area contributed by atoms with Crippen molar-refractivity contribution in [3.63, 3.8) is 0 Å². The molecule has 3 heterocycles. The van der Waals surface area contributed by atoms with Crippen LogP contribution in [0, 0.1) is 17.3 Å². The molecule has 1 aromatic carbocycles. The number of nitrogens with zero attached hydrogens (tertiary/aromatic N) is 4. The molecule has 2 aromatic rings. The molecule has 2 atom stereocenters. The van der Waals surface area contributed by atoms with Gasteiger partial charge in [-0.3, -0.25) is 33.7 Å². The molecule has 11 nitrogen and oxygen atoms in total. The van der Waals surface area contributed by atoms with Crippen LogP contribution in [0.2, 0.25) is 0 Å². The smallest absolute Gasteiger partial charge is 0.408 e. The monoisotopic (exact) mass is 495 g/mol. The van der Waals surface area contributed by atoms with Crippen molar-refractivity contribution in [1.82, 2.24) is 24.3 Å². The second-order valence-electron chi connectivity index (χ2n) is 10.2. The number of carboxylic acid groups (broad SMARTS) is 1. The molecule has 2 fully saturated rings. The van der Waals surface area contributed by atoms with Crippen molar-refractivity contribution in [1.29, 1.82) is 0 Å². The number of aromatic nitrogens is 2. The van der Waals surface area contributed by atoms with Crippen LogP contribution < -0.4 is 11.0 Å². The molecule has 4 rings (SSSR count). The Hall–Kier alpha value is -4.07. The summed E-state index contributed by atoms with van der Waals surface area (Å²) < 4.78 is 2.84. The largest absolute Gasteiger partial charge is 0.465 e. The molecule has 36 heavy (non-hydrogen) atoms. The predicted octanol–water partition coefficient (Wildman–Crippen LogP) is 0.906. The Morgan fingerprint density at radius 1 is 1.14 bits per heavy atom. The number of hydrogen-bond donors (Lipinski definition) is 2. The van der Waals surface area contributed by atoms with E-state index in [1.807, 2.05) is 20.8 Å². The number of amides is 4. The Bertz CT molecular complexity index is 1390. The third kappa shape index (κ3) is 4.46. The number of benzene rings is 1. The third-order valence-corrected chi connectivity index (χ3v) is 6.65. The zero-order chi connectivity index (χ0) is 26.4. The summed E-state index contributed by atoms with van der Waals surface area (Å²) in [4.78, 5) is 64.2. The minimum absolute atomic E-state index is 0.146. The van der Waals surface area contributed by atoms with Gasteiger partial charge in [0.1, 0.15) is 12.1 Å². The Morgan fingerprint density at radius 2 is 1.86 bits per heavy atom. The van der Waals surface area contributed by atoms with E-state index >= 15 is 0 Å². The number of rotatable bonds is 2. The van der Waals surface area contributed by atoms with Gasteiger partial charge in [0, 0.05) is 32.1 Å². The van der Waals surface area contributed by atoms with Crippen LogP contribution in [-0.2, 0) is 21.4 Å². The average Bonchev–Trinajstić information content (AvgIpc) is 3.03. The predicted molar refractivity (Wildman–Crippen MR) is 130 cm³/mol. The topological polar surface area (TPSA) is 134 Å². The quantitative estimate of drug-likeness (QED) is 0.470. The Kier molecular flexibility index (Phi) is 6.39. The van der Waals surface area contributed by atoms with E-state index in [2.05, 4.69) is 17.2 Å². The van der Waals surface area contributed by atoms with Gasteiger partial charge in [-0.2, -0.15) is 0 Å². The van der Waals surface area contributed by atoms with Crippen molar-refractivity contribution in [3.05, 3.63) is 34.2 Å². The molecule has 0 spiro atoms. The lowest BCUT2D eigenvalue weighted by atomic mass is 9.83. The summed E-state index contributed by atoms with van der Waals surface area (Å²) in [6.45, 7) is 6.12. The number of carbonyl (C=O) groups is 4. The average molecular weight is 496 g/mol. The maximum absolute atomic E-state index is 13.0. The van der Waals surface area contributed by atoms with Crippen LogP contribution in [0.3, 0.4) is 0 Å². The number of imidazole rings is 1. The second-order valence-corrected chi connectivity index (χ2v) is 10.2. The molecule has 4 amide bonds. The fourth-order valence-electron chi connectivity index (χ4n) is 4.88. The number of piperidine rings is 1. The van der Waals surface area contributed by atoms with E-state index in [1.54, 1.807) is 30.1 Å². The number of piperazine rings is 1. The highest BCUT2D eigenvalue weighted by atomic mass is 16.4. The molecular weight excluding hydrogens is 466 g/mol. The fraction of sp³-hybridized carbons (Fsp3) is 0.480. The standard InChI is InChI=1S/C25H29N5O6/c1-25(2,3)20-22(33)28(12-13-29(20)24(35)36)11-5-6-15-7-8-16-18(14-15)27(4)23(34)30(16)17-9-10-19(31)26-21(17)32/h7-8,14,17,20H,9-13H2,1-4H3,(H,35,36)(H,26,31,32). The Morgan fingerprint density at radius 3 is 2.50 bits per heavy atom. The summed E-state index contributed by atoms with van der Waals surface area (Å²) in [6, 6.07) is 3.65. The number of carbonyl (C=O) groups excluding carboxylic acids is 3. The van der Waals surface area contributed by atoms with E-state index in [4.69, 9.17) is 0 Å². The first-order valence-electron chi connectivity index (χ1n) is 11.7. The van der Waals surface area contributed by atoms with E-state index in [-0.39, 0.29) is 50.0 Å². The lowest BCUT2D eigenvalue weighted by molar-refractivity contribution is -0.144. The van der Waals surface area contributed by atoms with Gasteiger partial charge in [-0.25, -0.2) is 9.59 Å². The van der Waals surface area contributed by atoms with Gasteiger partial charge in [0.25, 0.3) is 0 Å². The van der Waals surface area contributed by atoms with Crippen LogP contribution in [0.1, 0.15) is 45.2 Å². The van der Waals surface area contributed by atoms with Gasteiger partial charge < -0.3 is 10.0 Å². The molecule has 0 saturated carbocycles. The van der Waals surface area contributed by atoms with E-state index in [1.165, 1.54) is 14.0 Å². The molecular formula is C25H29N5O6. The Balaban J connectivity index is 1.57. The summed E-state index contributed by atoms with van der Waals surface area (Å²) in [5, 5.41) is 11.8.